The Balaban J connectivity index is 2.06. The fourth-order valence-corrected chi connectivity index (χ4v) is 3.43. The molecule has 0 bridgehead atoms. The molecule has 90 valence electrons. The van der Waals surface area contributed by atoms with E-state index in [-0.39, 0.29) is 5.82 Å². The highest BCUT2D eigenvalue weighted by Gasteiger charge is 2.11. The highest BCUT2D eigenvalue weighted by Crippen LogP contribution is 2.33. The van der Waals surface area contributed by atoms with E-state index in [2.05, 4.69) is 16.4 Å². The van der Waals surface area contributed by atoms with Crippen molar-refractivity contribution < 1.29 is 4.39 Å². The average Bonchev–Trinajstić information content (AvgIpc) is 2.99. The number of thiophene rings is 1. The second-order valence-electron chi connectivity index (χ2n) is 3.94. The predicted molar refractivity (Wildman–Crippen MR) is 75.6 cm³/mol. The molecule has 0 N–H and O–H groups in total. The maximum atomic E-state index is 12.9. The van der Waals surface area contributed by atoms with E-state index in [1.165, 1.54) is 12.1 Å². The number of hydrogen-bond acceptors (Lipinski definition) is 3. The Kier molecular flexibility index (Phi) is 2.97. The minimum atomic E-state index is -0.218. The lowest BCUT2D eigenvalue weighted by Gasteiger charge is -1.97. The van der Waals surface area contributed by atoms with Crippen LogP contribution in [0.15, 0.2) is 41.1 Å². The largest absolute Gasteiger partial charge is 0.236 e. The van der Waals surface area contributed by atoms with Crippen LogP contribution in [-0.4, -0.2) is 4.98 Å². The molecule has 0 aliphatic heterocycles. The zero-order valence-corrected chi connectivity index (χ0v) is 11.3. The van der Waals surface area contributed by atoms with Crippen LogP contribution in [0.4, 0.5) is 4.39 Å². The maximum Gasteiger partial charge on any atom is 0.125 e. The summed E-state index contributed by atoms with van der Waals surface area (Å²) < 4.78 is 12.9. The van der Waals surface area contributed by atoms with Crippen LogP contribution in [0, 0.1) is 12.7 Å². The summed E-state index contributed by atoms with van der Waals surface area (Å²) in [4.78, 5) is 5.81. The van der Waals surface area contributed by atoms with Crippen molar-refractivity contribution in [3.63, 3.8) is 0 Å². The molecule has 4 heteroatoms. The molecule has 0 atom stereocenters. The summed E-state index contributed by atoms with van der Waals surface area (Å²) >= 11 is 3.34. The van der Waals surface area contributed by atoms with Crippen LogP contribution in [0.1, 0.15) is 4.88 Å². The molecule has 1 aromatic carbocycles. The monoisotopic (exact) mass is 275 g/mol. The molecule has 3 rings (SSSR count). The molecule has 2 heterocycles. The van der Waals surface area contributed by atoms with Crippen molar-refractivity contribution in [3.8, 4) is 21.8 Å². The third-order valence-corrected chi connectivity index (χ3v) is 4.39. The standard InChI is InChI=1S/C14H10FNS2/c1-9-13(10-2-4-12(15)5-3-10)16-14(18-9)11-6-7-17-8-11/h2-8H,1H3. The topological polar surface area (TPSA) is 12.9 Å². The zero-order valence-electron chi connectivity index (χ0n) is 9.68. The number of rotatable bonds is 2. The van der Waals surface area contributed by atoms with Gasteiger partial charge in [-0.05, 0) is 42.6 Å². The molecular formula is C14H10FNS2. The summed E-state index contributed by atoms with van der Waals surface area (Å²) in [6.45, 7) is 2.05. The Morgan fingerprint density at radius 3 is 2.50 bits per heavy atom. The summed E-state index contributed by atoms with van der Waals surface area (Å²) in [5.41, 5.74) is 3.06. The van der Waals surface area contributed by atoms with Crippen LogP contribution in [-0.2, 0) is 0 Å². The van der Waals surface area contributed by atoms with Gasteiger partial charge in [0.15, 0.2) is 0 Å². The number of aromatic nitrogens is 1. The van der Waals surface area contributed by atoms with Gasteiger partial charge in [-0.2, -0.15) is 11.3 Å². The van der Waals surface area contributed by atoms with Gasteiger partial charge in [-0.15, -0.1) is 11.3 Å². The average molecular weight is 275 g/mol. The molecule has 0 radical (unpaired) electrons. The van der Waals surface area contributed by atoms with E-state index in [0.717, 1.165) is 26.7 Å². The molecule has 18 heavy (non-hydrogen) atoms. The fraction of sp³-hybridized carbons (Fsp3) is 0.0714. The normalized spacial score (nSPS) is 10.8. The van der Waals surface area contributed by atoms with E-state index < -0.39 is 0 Å². The van der Waals surface area contributed by atoms with E-state index in [1.54, 1.807) is 34.8 Å². The first-order valence-corrected chi connectivity index (χ1v) is 7.26. The molecule has 0 saturated carbocycles. The highest BCUT2D eigenvalue weighted by atomic mass is 32.1. The van der Waals surface area contributed by atoms with Gasteiger partial charge in [-0.1, -0.05) is 0 Å². The van der Waals surface area contributed by atoms with Crippen LogP contribution < -0.4 is 0 Å². The lowest BCUT2D eigenvalue weighted by molar-refractivity contribution is 0.628. The molecule has 0 aliphatic rings. The van der Waals surface area contributed by atoms with Gasteiger partial charge in [0.05, 0.1) is 5.69 Å². The summed E-state index contributed by atoms with van der Waals surface area (Å²) in [5, 5.41) is 5.16. The first-order chi connectivity index (χ1) is 8.74. The van der Waals surface area contributed by atoms with Gasteiger partial charge >= 0.3 is 0 Å². The molecule has 0 fully saturated rings. The van der Waals surface area contributed by atoms with E-state index in [1.807, 2.05) is 12.3 Å². The van der Waals surface area contributed by atoms with Gasteiger partial charge in [0.1, 0.15) is 10.8 Å². The van der Waals surface area contributed by atoms with Crippen molar-refractivity contribution in [3.05, 3.63) is 51.8 Å². The van der Waals surface area contributed by atoms with Gasteiger partial charge in [-0.25, -0.2) is 9.37 Å². The van der Waals surface area contributed by atoms with Gasteiger partial charge in [0, 0.05) is 21.4 Å². The number of thiazole rings is 1. The Hall–Kier alpha value is -1.52. The van der Waals surface area contributed by atoms with Crippen LogP contribution in [0.25, 0.3) is 21.8 Å². The van der Waals surface area contributed by atoms with Crippen molar-refractivity contribution in [2.75, 3.05) is 0 Å². The minimum absolute atomic E-state index is 0.218. The number of halogens is 1. The lowest BCUT2D eigenvalue weighted by Crippen LogP contribution is -1.81. The molecule has 0 saturated heterocycles. The summed E-state index contributed by atoms with van der Waals surface area (Å²) in [5.74, 6) is -0.218. The molecule has 0 unspecified atom stereocenters. The van der Waals surface area contributed by atoms with Crippen molar-refractivity contribution in [1.82, 2.24) is 4.98 Å². The third kappa shape index (κ3) is 2.09. The Labute approximate surface area is 113 Å². The Morgan fingerprint density at radius 1 is 1.06 bits per heavy atom. The molecular weight excluding hydrogens is 265 g/mol. The van der Waals surface area contributed by atoms with Crippen LogP contribution in [0.5, 0.6) is 0 Å². The maximum absolute atomic E-state index is 12.9. The van der Waals surface area contributed by atoms with E-state index in [4.69, 9.17) is 0 Å². The third-order valence-electron chi connectivity index (χ3n) is 2.68. The van der Waals surface area contributed by atoms with Crippen molar-refractivity contribution in [2.24, 2.45) is 0 Å². The van der Waals surface area contributed by atoms with Crippen molar-refractivity contribution >= 4 is 22.7 Å². The number of aryl methyl sites for hydroxylation is 1. The van der Waals surface area contributed by atoms with Crippen molar-refractivity contribution in [2.45, 2.75) is 6.92 Å². The van der Waals surface area contributed by atoms with Gasteiger partial charge in [0.2, 0.25) is 0 Å². The number of benzene rings is 1. The molecule has 2 aromatic heterocycles. The summed E-state index contributed by atoms with van der Waals surface area (Å²) in [6.07, 6.45) is 0. The van der Waals surface area contributed by atoms with Gasteiger partial charge in [0.25, 0.3) is 0 Å². The minimum Gasteiger partial charge on any atom is -0.236 e. The first-order valence-electron chi connectivity index (χ1n) is 5.50. The number of nitrogens with zero attached hydrogens (tertiary/aromatic N) is 1. The smallest absolute Gasteiger partial charge is 0.125 e. The van der Waals surface area contributed by atoms with E-state index >= 15 is 0 Å². The molecule has 1 nitrogen and oxygen atoms in total. The SMILES string of the molecule is Cc1sc(-c2ccsc2)nc1-c1ccc(F)cc1. The second kappa shape index (κ2) is 4.63. The van der Waals surface area contributed by atoms with E-state index in [0.29, 0.717) is 0 Å². The predicted octanol–water partition coefficient (Wildman–Crippen LogP) is 4.99. The highest BCUT2D eigenvalue weighted by molar-refractivity contribution is 7.16. The quantitative estimate of drug-likeness (QED) is 0.642. The first kappa shape index (κ1) is 11.6. The fourth-order valence-electron chi connectivity index (χ4n) is 1.78. The van der Waals surface area contributed by atoms with Gasteiger partial charge < -0.3 is 0 Å². The zero-order chi connectivity index (χ0) is 12.5. The lowest BCUT2D eigenvalue weighted by atomic mass is 10.1. The van der Waals surface area contributed by atoms with Crippen LogP contribution in [0.3, 0.4) is 0 Å². The van der Waals surface area contributed by atoms with Crippen LogP contribution >= 0.6 is 22.7 Å². The molecule has 0 amide bonds. The van der Waals surface area contributed by atoms with Gasteiger partial charge in [-0.3, -0.25) is 0 Å². The molecule has 0 aliphatic carbocycles. The Bertz CT molecular complexity index is 654. The van der Waals surface area contributed by atoms with Crippen molar-refractivity contribution in [1.29, 1.82) is 0 Å². The van der Waals surface area contributed by atoms with E-state index in [9.17, 15) is 4.39 Å². The summed E-state index contributed by atoms with van der Waals surface area (Å²) in [7, 11) is 0. The Morgan fingerprint density at radius 2 is 1.83 bits per heavy atom. The summed E-state index contributed by atoms with van der Waals surface area (Å²) in [6, 6.07) is 8.55. The second-order valence-corrected chi connectivity index (χ2v) is 5.93. The van der Waals surface area contributed by atoms with Crippen LogP contribution in [0.2, 0.25) is 0 Å². The number of hydrogen-bond donors (Lipinski definition) is 0. The molecule has 3 aromatic rings. The molecule has 0 spiro atoms.